The molecule has 72 valence electrons. The molecule has 0 aliphatic heterocycles. The highest BCUT2D eigenvalue weighted by Gasteiger charge is 2.02. The molecule has 0 aromatic carbocycles. The predicted molar refractivity (Wildman–Crippen MR) is 49.6 cm³/mol. The highest BCUT2D eigenvalue weighted by molar-refractivity contribution is 5.12. The molecule has 1 aromatic rings. The molecule has 13 heavy (non-hydrogen) atoms. The zero-order valence-electron chi connectivity index (χ0n) is 8.20. The lowest BCUT2D eigenvalue weighted by Crippen LogP contribution is -2.24. The first-order chi connectivity index (χ1) is 6.16. The van der Waals surface area contributed by atoms with Gasteiger partial charge in [0.2, 0.25) is 0 Å². The second-order valence-electron chi connectivity index (χ2n) is 2.85. The maximum atomic E-state index is 11.5. The van der Waals surface area contributed by atoms with Crippen LogP contribution < -0.4 is 5.56 Å². The summed E-state index contributed by atoms with van der Waals surface area (Å²) < 4.78 is 6.58. The zero-order chi connectivity index (χ0) is 9.84. The van der Waals surface area contributed by atoms with Gasteiger partial charge in [0, 0.05) is 17.9 Å². The van der Waals surface area contributed by atoms with Gasteiger partial charge in [-0.2, -0.15) is 0 Å². The van der Waals surface area contributed by atoms with E-state index in [1.54, 1.807) is 6.92 Å². The molecule has 0 saturated carbocycles. The van der Waals surface area contributed by atoms with Crippen molar-refractivity contribution < 1.29 is 4.74 Å². The van der Waals surface area contributed by atoms with Crippen LogP contribution in [0.5, 0.6) is 0 Å². The monoisotopic (exact) mass is 182 g/mol. The van der Waals surface area contributed by atoms with E-state index in [1.807, 2.05) is 13.8 Å². The fraction of sp³-hybridized carbons (Fsp3) is 0.556. The molecule has 1 rings (SSSR count). The summed E-state index contributed by atoms with van der Waals surface area (Å²) in [5, 5.41) is 0. The molecule has 0 saturated heterocycles. The van der Waals surface area contributed by atoms with E-state index in [-0.39, 0.29) is 12.3 Å². The van der Waals surface area contributed by atoms with Gasteiger partial charge in [0.25, 0.3) is 5.56 Å². The Balaban J connectivity index is 2.97. The maximum absolute atomic E-state index is 11.5. The number of ether oxygens (including phenoxy) is 1. The molecule has 0 atom stereocenters. The van der Waals surface area contributed by atoms with Crippen LogP contribution in [0.1, 0.15) is 18.2 Å². The van der Waals surface area contributed by atoms with Gasteiger partial charge < -0.3 is 4.74 Å². The van der Waals surface area contributed by atoms with Gasteiger partial charge >= 0.3 is 0 Å². The van der Waals surface area contributed by atoms with Crippen LogP contribution in [-0.4, -0.2) is 16.2 Å². The number of aryl methyl sites for hydroxylation is 1. The first kappa shape index (κ1) is 9.92. The topological polar surface area (TPSA) is 44.1 Å². The Morgan fingerprint density at radius 1 is 1.54 bits per heavy atom. The molecule has 0 unspecified atom stereocenters. The van der Waals surface area contributed by atoms with Crippen molar-refractivity contribution in [2.75, 3.05) is 6.61 Å². The SMILES string of the molecule is CCOCn1cnc(C)c(C)c1=O. The van der Waals surface area contributed by atoms with Gasteiger partial charge in [-0.25, -0.2) is 4.98 Å². The molecule has 0 spiro atoms. The molecule has 0 N–H and O–H groups in total. The van der Waals surface area contributed by atoms with Gasteiger partial charge in [-0.05, 0) is 20.8 Å². The normalized spacial score (nSPS) is 10.4. The minimum absolute atomic E-state index is 0.0269. The molecule has 0 aliphatic carbocycles. The van der Waals surface area contributed by atoms with E-state index in [9.17, 15) is 4.79 Å². The van der Waals surface area contributed by atoms with Crippen LogP contribution in [0.2, 0.25) is 0 Å². The number of hydrogen-bond acceptors (Lipinski definition) is 3. The average Bonchev–Trinajstić information content (AvgIpc) is 2.13. The van der Waals surface area contributed by atoms with Crippen LogP contribution in [0.4, 0.5) is 0 Å². The van der Waals surface area contributed by atoms with E-state index >= 15 is 0 Å². The van der Waals surface area contributed by atoms with Crippen molar-refractivity contribution in [3.8, 4) is 0 Å². The van der Waals surface area contributed by atoms with Gasteiger partial charge in [0.1, 0.15) is 6.73 Å². The Labute approximate surface area is 77.2 Å². The lowest BCUT2D eigenvalue weighted by atomic mass is 10.3. The zero-order valence-corrected chi connectivity index (χ0v) is 8.20. The number of hydrogen-bond donors (Lipinski definition) is 0. The summed E-state index contributed by atoms with van der Waals surface area (Å²) in [6, 6.07) is 0. The van der Waals surface area contributed by atoms with Crippen molar-refractivity contribution >= 4 is 0 Å². The fourth-order valence-corrected chi connectivity index (χ4v) is 0.957. The second-order valence-corrected chi connectivity index (χ2v) is 2.85. The second kappa shape index (κ2) is 4.18. The fourth-order valence-electron chi connectivity index (χ4n) is 0.957. The Morgan fingerprint density at radius 2 is 2.23 bits per heavy atom. The Hall–Kier alpha value is -1.16. The standard InChI is InChI=1S/C9H14N2O2/c1-4-13-6-11-5-10-8(3)7(2)9(11)12/h5H,4,6H2,1-3H3. The van der Waals surface area contributed by atoms with Crippen molar-refractivity contribution in [1.29, 1.82) is 0 Å². The molecule has 1 aromatic heterocycles. The van der Waals surface area contributed by atoms with Gasteiger partial charge in [0.05, 0.1) is 6.33 Å². The van der Waals surface area contributed by atoms with E-state index in [0.29, 0.717) is 12.2 Å². The lowest BCUT2D eigenvalue weighted by molar-refractivity contribution is 0.0843. The maximum Gasteiger partial charge on any atom is 0.258 e. The molecule has 4 heteroatoms. The quantitative estimate of drug-likeness (QED) is 0.696. The Morgan fingerprint density at radius 3 is 2.85 bits per heavy atom. The van der Waals surface area contributed by atoms with Gasteiger partial charge in [-0.3, -0.25) is 9.36 Å². The number of aromatic nitrogens is 2. The van der Waals surface area contributed by atoms with Crippen molar-refractivity contribution in [2.24, 2.45) is 0 Å². The van der Waals surface area contributed by atoms with E-state index in [4.69, 9.17) is 4.74 Å². The highest BCUT2D eigenvalue weighted by Crippen LogP contribution is 1.94. The van der Waals surface area contributed by atoms with Crippen molar-refractivity contribution in [3.63, 3.8) is 0 Å². The van der Waals surface area contributed by atoms with Gasteiger partial charge in [-0.15, -0.1) is 0 Å². The molecule has 1 heterocycles. The van der Waals surface area contributed by atoms with Crippen LogP contribution >= 0.6 is 0 Å². The summed E-state index contributed by atoms with van der Waals surface area (Å²) >= 11 is 0. The van der Waals surface area contributed by atoms with Crippen LogP contribution in [0, 0.1) is 13.8 Å². The van der Waals surface area contributed by atoms with Crippen LogP contribution in [-0.2, 0) is 11.5 Å². The van der Waals surface area contributed by atoms with Crippen molar-refractivity contribution in [3.05, 3.63) is 27.9 Å². The van der Waals surface area contributed by atoms with Gasteiger partial charge in [0.15, 0.2) is 0 Å². The van der Waals surface area contributed by atoms with Crippen LogP contribution in [0.3, 0.4) is 0 Å². The molecule has 4 nitrogen and oxygen atoms in total. The number of nitrogens with zero attached hydrogens (tertiary/aromatic N) is 2. The van der Waals surface area contributed by atoms with E-state index in [0.717, 1.165) is 5.69 Å². The summed E-state index contributed by atoms with van der Waals surface area (Å²) in [4.78, 5) is 15.6. The number of rotatable bonds is 3. The molecule has 0 fully saturated rings. The average molecular weight is 182 g/mol. The summed E-state index contributed by atoms with van der Waals surface area (Å²) in [5.74, 6) is 0. The van der Waals surface area contributed by atoms with Crippen molar-refractivity contribution in [2.45, 2.75) is 27.5 Å². The molecule has 0 bridgehead atoms. The third kappa shape index (κ3) is 2.15. The molecular weight excluding hydrogens is 168 g/mol. The third-order valence-electron chi connectivity index (χ3n) is 1.95. The lowest BCUT2D eigenvalue weighted by Gasteiger charge is -2.06. The molecule has 0 radical (unpaired) electrons. The summed E-state index contributed by atoms with van der Waals surface area (Å²) in [6.07, 6.45) is 1.51. The molecular formula is C9H14N2O2. The van der Waals surface area contributed by atoms with Crippen molar-refractivity contribution in [1.82, 2.24) is 9.55 Å². The third-order valence-corrected chi connectivity index (χ3v) is 1.95. The van der Waals surface area contributed by atoms with Gasteiger partial charge in [-0.1, -0.05) is 0 Å². The summed E-state index contributed by atoms with van der Waals surface area (Å²) in [6.45, 7) is 6.36. The van der Waals surface area contributed by atoms with Crippen LogP contribution in [0.15, 0.2) is 11.1 Å². The Kier molecular flexibility index (Phi) is 3.19. The van der Waals surface area contributed by atoms with E-state index < -0.39 is 0 Å². The van der Waals surface area contributed by atoms with E-state index in [2.05, 4.69) is 4.98 Å². The highest BCUT2D eigenvalue weighted by atomic mass is 16.5. The first-order valence-electron chi connectivity index (χ1n) is 4.27. The first-order valence-corrected chi connectivity index (χ1v) is 4.27. The summed E-state index contributed by atoms with van der Waals surface area (Å²) in [7, 11) is 0. The summed E-state index contributed by atoms with van der Waals surface area (Å²) in [5.41, 5.74) is 1.43. The smallest absolute Gasteiger partial charge is 0.258 e. The largest absolute Gasteiger partial charge is 0.361 e. The molecule has 0 aliphatic rings. The van der Waals surface area contributed by atoms with Crippen LogP contribution in [0.25, 0.3) is 0 Å². The Bertz CT molecular complexity index is 344. The minimum atomic E-state index is -0.0269. The molecule has 0 amide bonds. The van der Waals surface area contributed by atoms with E-state index in [1.165, 1.54) is 10.9 Å². The minimum Gasteiger partial charge on any atom is -0.361 e. The predicted octanol–water partition coefficient (Wildman–Crippen LogP) is 0.854.